The van der Waals surface area contributed by atoms with Gasteiger partial charge in [0.25, 0.3) is 0 Å². The van der Waals surface area contributed by atoms with Crippen molar-refractivity contribution in [3.63, 3.8) is 0 Å². The highest BCUT2D eigenvalue weighted by molar-refractivity contribution is 5.71. The molecular weight excluding hydrogens is 154 g/mol. The Morgan fingerprint density at radius 1 is 1.58 bits per heavy atom. The number of carbonyl (C=O) groups is 1. The van der Waals surface area contributed by atoms with Crippen molar-refractivity contribution in [1.82, 2.24) is 4.90 Å². The Hall–Kier alpha value is -0.570. The van der Waals surface area contributed by atoms with Crippen molar-refractivity contribution in [2.75, 3.05) is 20.1 Å². The molecule has 1 N–H and O–H groups in total. The van der Waals surface area contributed by atoms with Gasteiger partial charge in [0.2, 0.25) is 0 Å². The van der Waals surface area contributed by atoms with Crippen LogP contribution >= 0.6 is 0 Å². The van der Waals surface area contributed by atoms with Gasteiger partial charge in [-0.1, -0.05) is 13.3 Å². The fourth-order valence-electron chi connectivity index (χ4n) is 2.03. The molecule has 0 radical (unpaired) electrons. The second-order valence-corrected chi connectivity index (χ2v) is 3.71. The molecule has 70 valence electrons. The maximum atomic E-state index is 10.8. The largest absolute Gasteiger partial charge is 0.481 e. The van der Waals surface area contributed by atoms with Crippen LogP contribution in [0.5, 0.6) is 0 Å². The van der Waals surface area contributed by atoms with Crippen molar-refractivity contribution in [2.45, 2.75) is 19.8 Å². The Balaban J connectivity index is 2.53. The molecule has 0 amide bonds. The smallest absolute Gasteiger partial charge is 0.308 e. The number of hydrogen-bond acceptors (Lipinski definition) is 2. The summed E-state index contributed by atoms with van der Waals surface area (Å²) in [6.07, 6.45) is 2.13. The zero-order valence-corrected chi connectivity index (χ0v) is 7.79. The summed E-state index contributed by atoms with van der Waals surface area (Å²) in [5, 5.41) is 8.90. The zero-order chi connectivity index (χ0) is 9.14. The minimum atomic E-state index is -0.627. The van der Waals surface area contributed by atoms with Gasteiger partial charge < -0.3 is 10.0 Å². The third-order valence-corrected chi connectivity index (χ3v) is 2.60. The number of rotatable bonds is 3. The first kappa shape index (κ1) is 9.52. The molecule has 12 heavy (non-hydrogen) atoms. The first-order chi connectivity index (χ1) is 5.65. The highest BCUT2D eigenvalue weighted by Crippen LogP contribution is 2.26. The Labute approximate surface area is 73.4 Å². The predicted octanol–water partition coefficient (Wildman–Crippen LogP) is 1.05. The normalized spacial score (nSPS) is 30.8. The minimum Gasteiger partial charge on any atom is -0.481 e. The van der Waals surface area contributed by atoms with E-state index in [2.05, 4.69) is 11.8 Å². The summed E-state index contributed by atoms with van der Waals surface area (Å²) in [6, 6.07) is 0. The van der Waals surface area contributed by atoms with E-state index in [0.717, 1.165) is 25.9 Å². The molecule has 0 aliphatic carbocycles. The number of aliphatic carboxylic acids is 1. The molecule has 0 unspecified atom stereocenters. The number of carboxylic acid groups (broad SMARTS) is 1. The van der Waals surface area contributed by atoms with Crippen LogP contribution in [0.4, 0.5) is 0 Å². The molecule has 0 saturated carbocycles. The molecule has 0 aromatic heterocycles. The van der Waals surface area contributed by atoms with E-state index in [4.69, 9.17) is 5.11 Å². The van der Waals surface area contributed by atoms with E-state index >= 15 is 0 Å². The lowest BCUT2D eigenvalue weighted by atomic mass is 9.92. The summed E-state index contributed by atoms with van der Waals surface area (Å²) in [5.74, 6) is -0.384. The summed E-state index contributed by atoms with van der Waals surface area (Å²) < 4.78 is 0. The van der Waals surface area contributed by atoms with Crippen LogP contribution in [0.3, 0.4) is 0 Å². The third-order valence-electron chi connectivity index (χ3n) is 2.60. The van der Waals surface area contributed by atoms with Crippen LogP contribution < -0.4 is 0 Å². The molecule has 1 aliphatic heterocycles. The Morgan fingerprint density at radius 2 is 2.25 bits per heavy atom. The van der Waals surface area contributed by atoms with Gasteiger partial charge in [-0.15, -0.1) is 0 Å². The van der Waals surface area contributed by atoms with E-state index in [1.807, 2.05) is 7.05 Å². The van der Waals surface area contributed by atoms with E-state index < -0.39 is 5.97 Å². The van der Waals surface area contributed by atoms with Crippen LogP contribution in [0.25, 0.3) is 0 Å². The summed E-state index contributed by atoms with van der Waals surface area (Å²) in [7, 11) is 1.99. The minimum absolute atomic E-state index is 0.130. The summed E-state index contributed by atoms with van der Waals surface area (Å²) in [4.78, 5) is 12.9. The van der Waals surface area contributed by atoms with Gasteiger partial charge in [0, 0.05) is 13.1 Å². The molecule has 3 heteroatoms. The SMILES string of the molecule is CCC[C@@H]1CN(C)C[C@H]1C(=O)O. The second-order valence-electron chi connectivity index (χ2n) is 3.71. The lowest BCUT2D eigenvalue weighted by Crippen LogP contribution is -2.22. The zero-order valence-electron chi connectivity index (χ0n) is 7.79. The van der Waals surface area contributed by atoms with Gasteiger partial charge >= 0.3 is 5.97 Å². The van der Waals surface area contributed by atoms with E-state index in [9.17, 15) is 4.79 Å². The first-order valence-electron chi connectivity index (χ1n) is 4.56. The number of carboxylic acids is 1. The Kier molecular flexibility index (Phi) is 3.09. The van der Waals surface area contributed by atoms with Gasteiger partial charge in [-0.2, -0.15) is 0 Å². The molecule has 3 nitrogen and oxygen atoms in total. The van der Waals surface area contributed by atoms with Crippen LogP contribution in [-0.4, -0.2) is 36.1 Å². The van der Waals surface area contributed by atoms with E-state index in [1.54, 1.807) is 0 Å². The summed E-state index contributed by atoms with van der Waals surface area (Å²) in [5.41, 5.74) is 0. The van der Waals surface area contributed by atoms with Crippen LogP contribution in [0.15, 0.2) is 0 Å². The lowest BCUT2D eigenvalue weighted by Gasteiger charge is -2.12. The van der Waals surface area contributed by atoms with E-state index in [0.29, 0.717) is 5.92 Å². The highest BCUT2D eigenvalue weighted by atomic mass is 16.4. The molecule has 1 rings (SSSR count). The molecular formula is C9H17NO2. The molecule has 1 aliphatic rings. The fraction of sp³-hybridized carbons (Fsp3) is 0.889. The van der Waals surface area contributed by atoms with Gasteiger partial charge in [0.15, 0.2) is 0 Å². The number of likely N-dealkylation sites (tertiary alicyclic amines) is 1. The summed E-state index contributed by atoms with van der Waals surface area (Å²) in [6.45, 7) is 3.78. The molecule has 0 aromatic carbocycles. The average molecular weight is 171 g/mol. The monoisotopic (exact) mass is 171 g/mol. The molecule has 1 heterocycles. The van der Waals surface area contributed by atoms with E-state index in [-0.39, 0.29) is 5.92 Å². The molecule has 0 spiro atoms. The first-order valence-corrected chi connectivity index (χ1v) is 4.56. The number of hydrogen-bond donors (Lipinski definition) is 1. The van der Waals surface area contributed by atoms with Crippen molar-refractivity contribution in [2.24, 2.45) is 11.8 Å². The fourth-order valence-corrected chi connectivity index (χ4v) is 2.03. The quantitative estimate of drug-likeness (QED) is 0.690. The Morgan fingerprint density at radius 3 is 2.75 bits per heavy atom. The van der Waals surface area contributed by atoms with Crippen molar-refractivity contribution in [3.8, 4) is 0 Å². The van der Waals surface area contributed by atoms with Gasteiger partial charge in [-0.3, -0.25) is 4.79 Å². The van der Waals surface area contributed by atoms with E-state index in [1.165, 1.54) is 0 Å². The maximum Gasteiger partial charge on any atom is 0.308 e. The predicted molar refractivity (Wildman–Crippen MR) is 47.0 cm³/mol. The molecule has 1 fully saturated rings. The number of nitrogens with zero attached hydrogens (tertiary/aromatic N) is 1. The molecule has 2 atom stereocenters. The van der Waals surface area contributed by atoms with Crippen LogP contribution in [0.1, 0.15) is 19.8 Å². The lowest BCUT2D eigenvalue weighted by molar-refractivity contribution is -0.142. The molecule has 1 saturated heterocycles. The highest BCUT2D eigenvalue weighted by Gasteiger charge is 2.34. The molecule has 0 aromatic rings. The molecule has 0 bridgehead atoms. The Bertz CT molecular complexity index is 170. The van der Waals surface area contributed by atoms with Crippen LogP contribution in [0, 0.1) is 11.8 Å². The topological polar surface area (TPSA) is 40.5 Å². The maximum absolute atomic E-state index is 10.8. The standard InChI is InChI=1S/C9H17NO2/c1-3-4-7-5-10(2)6-8(7)9(11)12/h7-8H,3-6H2,1-2H3,(H,11,12)/t7-,8-/m1/s1. The van der Waals surface area contributed by atoms with Crippen molar-refractivity contribution in [3.05, 3.63) is 0 Å². The van der Waals surface area contributed by atoms with Crippen LogP contribution in [0.2, 0.25) is 0 Å². The van der Waals surface area contributed by atoms with Crippen molar-refractivity contribution < 1.29 is 9.90 Å². The van der Waals surface area contributed by atoms with Gasteiger partial charge in [-0.25, -0.2) is 0 Å². The third kappa shape index (κ3) is 1.97. The summed E-state index contributed by atoms with van der Waals surface area (Å²) >= 11 is 0. The van der Waals surface area contributed by atoms with Gasteiger partial charge in [0.1, 0.15) is 0 Å². The van der Waals surface area contributed by atoms with Gasteiger partial charge in [-0.05, 0) is 19.4 Å². The van der Waals surface area contributed by atoms with Crippen molar-refractivity contribution >= 4 is 5.97 Å². The van der Waals surface area contributed by atoms with Gasteiger partial charge in [0.05, 0.1) is 5.92 Å². The second kappa shape index (κ2) is 3.90. The van der Waals surface area contributed by atoms with Crippen LogP contribution in [-0.2, 0) is 4.79 Å². The average Bonchev–Trinajstić information content (AvgIpc) is 2.32. The van der Waals surface area contributed by atoms with Crippen molar-refractivity contribution in [1.29, 1.82) is 0 Å².